The molecule has 1 aliphatic rings. The van der Waals surface area contributed by atoms with Gasteiger partial charge >= 0.3 is 7.82 Å². The van der Waals surface area contributed by atoms with Gasteiger partial charge in [-0.3, -0.25) is 9.05 Å². The third-order valence-electron chi connectivity index (χ3n) is 7.20. The summed E-state index contributed by atoms with van der Waals surface area (Å²) in [5.74, 6) is 0. The number of unbranched alkanes of at least 4 members (excludes halogenated alkanes) is 15. The van der Waals surface area contributed by atoms with E-state index in [1.54, 1.807) is 0 Å². The van der Waals surface area contributed by atoms with Gasteiger partial charge in [0.15, 0.2) is 0 Å². The molecule has 0 saturated carbocycles. The fourth-order valence-electron chi connectivity index (χ4n) is 4.70. The summed E-state index contributed by atoms with van der Waals surface area (Å²) >= 11 is 0. The summed E-state index contributed by atoms with van der Waals surface area (Å²) in [6.07, 6.45) is 23.3. The molecule has 230 valence electrons. The number of nitrogens with zero attached hydrogens (tertiary/aromatic N) is 1. The van der Waals surface area contributed by atoms with Gasteiger partial charge in [0.05, 0.1) is 34.4 Å². The van der Waals surface area contributed by atoms with Crippen LogP contribution in [0.25, 0.3) is 0 Å². The first kappa shape index (κ1) is 38.0. The average molecular weight is 568 g/mol. The number of rotatable bonds is 26. The standard InChI is InChI=1S/C29H60NO6P.H2O/c1-5-6-7-8-9-10-11-12-13-14-15-16-17-18-19-20-24-33-27-29(22-21-25-34-29)28-36-37(31,32)35-26-23-30(2,3)4;/h5-28H2,1-4H3;1H2. The van der Waals surface area contributed by atoms with Crippen molar-refractivity contribution >= 4 is 7.82 Å². The van der Waals surface area contributed by atoms with E-state index in [1.807, 2.05) is 21.1 Å². The second kappa shape index (κ2) is 22.6. The van der Waals surface area contributed by atoms with Crippen LogP contribution in [0.1, 0.15) is 122 Å². The van der Waals surface area contributed by atoms with Gasteiger partial charge in [-0.15, -0.1) is 0 Å². The molecule has 2 N–H and O–H groups in total. The Kier molecular flexibility index (Phi) is 22.6. The average Bonchev–Trinajstić information content (AvgIpc) is 3.30. The third-order valence-corrected chi connectivity index (χ3v) is 8.16. The number of phosphoric acid groups is 1. The molecule has 2 atom stereocenters. The molecule has 0 aromatic rings. The zero-order valence-corrected chi connectivity index (χ0v) is 26.2. The second-order valence-corrected chi connectivity index (χ2v) is 13.5. The van der Waals surface area contributed by atoms with Crippen molar-refractivity contribution in [2.75, 3.05) is 60.7 Å². The highest BCUT2D eigenvalue weighted by molar-refractivity contribution is 7.47. The molecule has 38 heavy (non-hydrogen) atoms. The minimum atomic E-state index is -4.10. The summed E-state index contributed by atoms with van der Waals surface area (Å²) in [7, 11) is 1.92. The van der Waals surface area contributed by atoms with E-state index in [1.165, 1.54) is 96.3 Å². The fourth-order valence-corrected chi connectivity index (χ4v) is 5.49. The molecule has 2 unspecified atom stereocenters. The van der Waals surface area contributed by atoms with E-state index in [2.05, 4.69) is 6.92 Å². The number of hydrogen-bond donors (Lipinski definition) is 1. The van der Waals surface area contributed by atoms with Crippen molar-refractivity contribution in [1.82, 2.24) is 0 Å². The first-order valence-corrected chi connectivity index (χ1v) is 16.8. The first-order chi connectivity index (χ1) is 17.7. The van der Waals surface area contributed by atoms with Crippen molar-refractivity contribution in [1.29, 1.82) is 0 Å². The van der Waals surface area contributed by atoms with Gasteiger partial charge in [-0.1, -0.05) is 103 Å². The van der Waals surface area contributed by atoms with Crippen molar-refractivity contribution in [2.24, 2.45) is 0 Å². The molecule has 1 fully saturated rings. The van der Waals surface area contributed by atoms with Crippen LogP contribution in [0.2, 0.25) is 0 Å². The first-order valence-electron chi connectivity index (χ1n) is 15.3. The minimum absolute atomic E-state index is 0. The maximum absolute atomic E-state index is 12.2. The van der Waals surface area contributed by atoms with E-state index in [9.17, 15) is 9.46 Å². The molecule has 0 spiro atoms. The summed E-state index contributed by atoms with van der Waals surface area (Å²) in [6, 6.07) is 0. The number of phosphoric ester groups is 1. The lowest BCUT2D eigenvalue weighted by atomic mass is 10.0. The van der Waals surface area contributed by atoms with Crippen molar-refractivity contribution < 1.29 is 37.9 Å². The molecular formula is C29H62NO7P. The minimum Gasteiger partial charge on any atom is -0.870 e. The monoisotopic (exact) mass is 567 g/mol. The van der Waals surface area contributed by atoms with Gasteiger partial charge in [-0.2, -0.15) is 0 Å². The zero-order valence-electron chi connectivity index (χ0n) is 25.3. The topological polar surface area (TPSA) is 104 Å². The Hall–Kier alpha value is -0.0500. The molecule has 0 aliphatic carbocycles. The van der Waals surface area contributed by atoms with Crippen LogP contribution in [0.5, 0.6) is 0 Å². The highest BCUT2D eigenvalue weighted by Gasteiger charge is 2.39. The largest absolute Gasteiger partial charge is 0.870 e. The maximum atomic E-state index is 12.2. The van der Waals surface area contributed by atoms with Gasteiger partial charge in [-0.05, 0) is 19.3 Å². The highest BCUT2D eigenvalue weighted by Crippen LogP contribution is 2.45. The summed E-state index contributed by atoms with van der Waals surface area (Å²) in [5.41, 5.74) is -0.642. The summed E-state index contributed by atoms with van der Waals surface area (Å²) in [6.45, 7) is 4.81. The lowest BCUT2D eigenvalue weighted by Crippen LogP contribution is -2.39. The van der Waals surface area contributed by atoms with E-state index in [0.717, 1.165) is 19.3 Å². The molecular weight excluding hydrogens is 505 g/mol. The van der Waals surface area contributed by atoms with Gasteiger partial charge < -0.3 is 24.3 Å². The van der Waals surface area contributed by atoms with E-state index in [-0.39, 0.29) is 18.7 Å². The number of ether oxygens (including phenoxy) is 2. The van der Waals surface area contributed by atoms with Crippen LogP contribution < -0.4 is 0 Å². The second-order valence-electron chi connectivity index (χ2n) is 12.1. The van der Waals surface area contributed by atoms with Crippen molar-refractivity contribution in [3.8, 4) is 0 Å². The zero-order chi connectivity index (χ0) is 27.3. The Bertz CT molecular complexity index is 580. The Labute approximate surface area is 234 Å². The summed E-state index contributed by atoms with van der Waals surface area (Å²) in [4.78, 5) is 10.0. The molecule has 0 aromatic heterocycles. The lowest BCUT2D eigenvalue weighted by Gasteiger charge is -2.29. The van der Waals surface area contributed by atoms with Crippen LogP contribution in [-0.4, -0.2) is 81.2 Å². The fraction of sp³-hybridized carbons (Fsp3) is 1.00. The van der Waals surface area contributed by atoms with Gasteiger partial charge in [0.1, 0.15) is 18.8 Å². The predicted molar refractivity (Wildman–Crippen MR) is 155 cm³/mol. The van der Waals surface area contributed by atoms with Gasteiger partial charge in [0.2, 0.25) is 0 Å². The van der Waals surface area contributed by atoms with Crippen LogP contribution in [0.15, 0.2) is 0 Å². The summed E-state index contributed by atoms with van der Waals surface area (Å²) in [5, 5.41) is 0. The van der Waals surface area contributed by atoms with Gasteiger partial charge in [0, 0.05) is 13.2 Å². The molecule has 1 heterocycles. The van der Waals surface area contributed by atoms with Crippen LogP contribution in [0, 0.1) is 0 Å². The van der Waals surface area contributed by atoms with E-state index in [4.69, 9.17) is 18.5 Å². The number of likely N-dealkylation sites (N-methyl/N-ethyl adjacent to an activating group) is 1. The Morgan fingerprint density at radius 1 is 0.763 bits per heavy atom. The van der Waals surface area contributed by atoms with Crippen molar-refractivity contribution in [3.63, 3.8) is 0 Å². The Morgan fingerprint density at radius 3 is 1.71 bits per heavy atom. The SMILES string of the molecule is CCCCCCCCCCCCCCCCCCOCC1(COP(=O)(O)OCC[N+](C)(C)C)CCCO1.[OH-]. The molecule has 1 aliphatic heterocycles. The maximum Gasteiger partial charge on any atom is 0.472 e. The highest BCUT2D eigenvalue weighted by atomic mass is 31.2. The summed E-state index contributed by atoms with van der Waals surface area (Å²) < 4.78 is 35.1. The quantitative estimate of drug-likeness (QED) is 0.0656. The lowest BCUT2D eigenvalue weighted by molar-refractivity contribution is -0.870. The molecule has 0 aromatic carbocycles. The molecule has 8 nitrogen and oxygen atoms in total. The van der Waals surface area contributed by atoms with Gasteiger partial charge in [0.25, 0.3) is 0 Å². The van der Waals surface area contributed by atoms with Crippen LogP contribution >= 0.6 is 7.82 Å². The smallest absolute Gasteiger partial charge is 0.472 e. The third kappa shape index (κ3) is 21.7. The van der Waals surface area contributed by atoms with E-state index in [0.29, 0.717) is 30.8 Å². The van der Waals surface area contributed by atoms with E-state index < -0.39 is 13.4 Å². The normalized spacial score (nSPS) is 19.4. The Balaban J connectivity index is 0.0000137. The van der Waals surface area contributed by atoms with Crippen molar-refractivity contribution in [2.45, 2.75) is 128 Å². The Morgan fingerprint density at radius 2 is 1.26 bits per heavy atom. The number of hydrogen-bond acceptors (Lipinski definition) is 6. The molecule has 9 heteroatoms. The number of quaternary nitrogens is 1. The molecule has 1 saturated heterocycles. The van der Waals surface area contributed by atoms with Crippen LogP contribution in [-0.2, 0) is 23.1 Å². The van der Waals surface area contributed by atoms with Gasteiger partial charge in [-0.25, -0.2) is 4.57 Å². The van der Waals surface area contributed by atoms with Crippen molar-refractivity contribution in [3.05, 3.63) is 0 Å². The van der Waals surface area contributed by atoms with Crippen LogP contribution in [0.4, 0.5) is 0 Å². The molecule has 1 rings (SSSR count). The van der Waals surface area contributed by atoms with Crippen LogP contribution in [0.3, 0.4) is 0 Å². The predicted octanol–water partition coefficient (Wildman–Crippen LogP) is 7.48. The molecule has 0 amide bonds. The van der Waals surface area contributed by atoms with E-state index >= 15 is 0 Å². The molecule has 0 bridgehead atoms. The molecule has 0 radical (unpaired) electrons.